The molecule has 0 N–H and O–H groups in total. The second-order valence-corrected chi connectivity index (χ2v) is 28.6. The molecule has 0 saturated carbocycles. The topological polar surface area (TPSA) is 87.2 Å². The second kappa shape index (κ2) is 20.4. The minimum atomic E-state index is -0.345. The van der Waals surface area contributed by atoms with Crippen LogP contribution in [0.2, 0.25) is 0 Å². The molecule has 450 valence electrons. The zero-order valence-electron chi connectivity index (χ0n) is 54.3. The van der Waals surface area contributed by atoms with Crippen molar-refractivity contribution >= 4 is 43.6 Å². The minimum absolute atomic E-state index is 0.0170. The van der Waals surface area contributed by atoms with E-state index in [0.717, 1.165) is 62.2 Å². The van der Waals surface area contributed by atoms with E-state index in [4.69, 9.17) is 29.9 Å². The molecular weight excluding hydrogens is 1120 g/mol. The SMILES string of the molecule is CC1(C)c2cc3c4ccccc4n(-c4cccc(-c5nc(-c6ccccc6)nc(-c6cccc(CC7(C)c8c(ccc9c8c8ccccc8n9-c8cccc(-c9nc(-c%10ccccc%10)nc(-c%10ccccc%10)n9)c8)C(C)(C)C7(C)C)c6)n5)c4)c3cc2C(C)(C)C1(C)C. The van der Waals surface area contributed by atoms with E-state index in [1.807, 2.05) is 42.5 Å². The second-order valence-electron chi connectivity index (χ2n) is 28.6. The lowest BCUT2D eigenvalue weighted by Crippen LogP contribution is -2.45. The average Bonchev–Trinajstić information content (AvgIpc) is 1.52. The highest BCUT2D eigenvalue weighted by molar-refractivity contribution is 6.13. The lowest BCUT2D eigenvalue weighted by molar-refractivity contribution is 0.111. The molecule has 2 aliphatic carbocycles. The molecule has 14 aromatic rings. The number of hydrogen-bond donors (Lipinski definition) is 0. The van der Waals surface area contributed by atoms with Crippen LogP contribution in [0.5, 0.6) is 0 Å². The normalized spacial score (nSPS) is 17.4. The largest absolute Gasteiger partial charge is 0.309 e. The smallest absolute Gasteiger partial charge is 0.164 e. The molecule has 0 spiro atoms. The molecule has 0 radical (unpaired) electrons. The van der Waals surface area contributed by atoms with Crippen molar-refractivity contribution in [3.63, 3.8) is 0 Å². The van der Waals surface area contributed by atoms with Crippen molar-refractivity contribution in [1.82, 2.24) is 39.0 Å². The van der Waals surface area contributed by atoms with E-state index in [0.29, 0.717) is 34.9 Å². The van der Waals surface area contributed by atoms with Crippen molar-refractivity contribution in [2.75, 3.05) is 0 Å². The Hall–Kier alpha value is -10.2. The number of hydrogen-bond acceptors (Lipinski definition) is 6. The molecule has 8 nitrogen and oxygen atoms in total. The summed E-state index contributed by atoms with van der Waals surface area (Å²) in [5.74, 6) is 3.78. The van der Waals surface area contributed by atoms with Crippen LogP contribution in [0.3, 0.4) is 0 Å². The third-order valence-electron chi connectivity index (χ3n) is 23.1. The van der Waals surface area contributed by atoms with Gasteiger partial charge in [0.15, 0.2) is 34.9 Å². The Morgan fingerprint density at radius 3 is 1.18 bits per heavy atom. The van der Waals surface area contributed by atoms with E-state index in [-0.39, 0.29) is 32.5 Å². The van der Waals surface area contributed by atoms with E-state index in [9.17, 15) is 0 Å². The fraction of sp³-hybridized carbons (Fsp3) is 0.214. The standard InChI is InChI=1S/C84H74N8/c1-79(2)64-44-45-69-71(62-41-22-24-43-68(62)91(69)59-38-26-36-57(47-59)77-87-73(53-29-15-12-16-30-53)85-74(88-77)54-31-17-13-18-32-54)72(64)84(11,83(79,9)10)51-52-28-25-35-56(46-52)76-86-75(55-33-19-14-20-34-55)89-78(90-76)58-37-27-39-60(48-58)92-67-42-23-21-40-61(67)63-49-65-66(50-70(63)92)81(5,6)82(7,8)80(65,3)4/h12-50H,51H2,1-11H3. The van der Waals surface area contributed by atoms with Crippen molar-refractivity contribution in [3.05, 3.63) is 264 Å². The molecule has 0 fully saturated rings. The summed E-state index contributed by atoms with van der Waals surface area (Å²) in [7, 11) is 0. The molecule has 0 bridgehead atoms. The summed E-state index contributed by atoms with van der Waals surface area (Å²) in [6.07, 6.45) is 0.783. The van der Waals surface area contributed by atoms with Crippen LogP contribution in [0.15, 0.2) is 237 Å². The Kier molecular flexibility index (Phi) is 12.7. The zero-order chi connectivity index (χ0) is 63.3. The van der Waals surface area contributed by atoms with E-state index in [2.05, 4.69) is 279 Å². The number of para-hydroxylation sites is 2. The highest BCUT2D eigenvalue weighted by atomic mass is 15.1. The van der Waals surface area contributed by atoms with Crippen LogP contribution >= 0.6 is 0 Å². The van der Waals surface area contributed by atoms with Gasteiger partial charge in [-0.05, 0) is 122 Å². The number of benzene rings is 10. The maximum Gasteiger partial charge on any atom is 0.164 e. The molecule has 0 aliphatic heterocycles. The summed E-state index contributed by atoms with van der Waals surface area (Å²) in [4.78, 5) is 31.4. The van der Waals surface area contributed by atoms with Crippen LogP contribution in [0.4, 0.5) is 0 Å². The zero-order valence-corrected chi connectivity index (χ0v) is 54.3. The average molecular weight is 1200 g/mol. The van der Waals surface area contributed by atoms with E-state index in [1.165, 1.54) is 60.4 Å². The summed E-state index contributed by atoms with van der Waals surface area (Å²) < 4.78 is 4.89. The van der Waals surface area contributed by atoms with Gasteiger partial charge in [0.1, 0.15) is 0 Å². The molecular formula is C84H74N8. The molecule has 92 heavy (non-hydrogen) atoms. The van der Waals surface area contributed by atoms with E-state index in [1.54, 1.807) is 0 Å². The number of fused-ring (bicyclic) bond motifs is 9. The first-order valence-electron chi connectivity index (χ1n) is 32.4. The van der Waals surface area contributed by atoms with Crippen molar-refractivity contribution in [3.8, 4) is 79.7 Å². The lowest BCUT2D eigenvalue weighted by Gasteiger charge is -2.47. The van der Waals surface area contributed by atoms with Crippen molar-refractivity contribution < 1.29 is 0 Å². The quantitative estimate of drug-likeness (QED) is 0.136. The van der Waals surface area contributed by atoms with Crippen molar-refractivity contribution in [1.29, 1.82) is 0 Å². The van der Waals surface area contributed by atoms with Gasteiger partial charge in [-0.2, -0.15) is 0 Å². The predicted molar refractivity (Wildman–Crippen MR) is 379 cm³/mol. The highest BCUT2D eigenvalue weighted by Crippen LogP contribution is 2.65. The molecule has 16 rings (SSSR count). The molecule has 1 atom stereocenters. The first-order chi connectivity index (χ1) is 44.2. The fourth-order valence-electron chi connectivity index (χ4n) is 15.9. The van der Waals surface area contributed by atoms with Crippen LogP contribution in [0.25, 0.3) is 123 Å². The van der Waals surface area contributed by atoms with Gasteiger partial charge in [0.2, 0.25) is 0 Å². The van der Waals surface area contributed by atoms with E-state index < -0.39 is 0 Å². The maximum absolute atomic E-state index is 5.45. The summed E-state index contributed by atoms with van der Waals surface area (Å²) in [5, 5.41) is 5.03. The Balaban J connectivity index is 0.806. The lowest BCUT2D eigenvalue weighted by atomic mass is 9.56. The monoisotopic (exact) mass is 1190 g/mol. The fourth-order valence-corrected chi connectivity index (χ4v) is 15.9. The first kappa shape index (κ1) is 57.0. The van der Waals surface area contributed by atoms with Gasteiger partial charge in [0.25, 0.3) is 0 Å². The summed E-state index contributed by atoms with van der Waals surface area (Å²) in [5.41, 5.74) is 18.5. The molecule has 2 aliphatic rings. The van der Waals surface area contributed by atoms with E-state index >= 15 is 0 Å². The Bertz CT molecular complexity index is 5240. The number of rotatable bonds is 10. The summed E-state index contributed by atoms with van der Waals surface area (Å²) >= 11 is 0. The van der Waals surface area contributed by atoms with Gasteiger partial charge in [0.05, 0.1) is 22.1 Å². The first-order valence-corrected chi connectivity index (χ1v) is 32.4. The molecule has 1 unspecified atom stereocenters. The third kappa shape index (κ3) is 8.34. The van der Waals surface area contributed by atoms with Crippen LogP contribution in [0.1, 0.15) is 104 Å². The predicted octanol–water partition coefficient (Wildman–Crippen LogP) is 20.7. The maximum atomic E-state index is 5.45. The Morgan fingerprint density at radius 1 is 0.283 bits per heavy atom. The van der Waals surface area contributed by atoms with Gasteiger partial charge in [-0.3, -0.25) is 0 Å². The third-order valence-corrected chi connectivity index (χ3v) is 23.1. The van der Waals surface area contributed by atoms with Gasteiger partial charge in [-0.1, -0.05) is 252 Å². The van der Waals surface area contributed by atoms with Gasteiger partial charge in [-0.25, -0.2) is 29.9 Å². The molecule has 0 saturated heterocycles. The molecule has 10 aromatic carbocycles. The molecule has 4 heterocycles. The summed E-state index contributed by atoms with van der Waals surface area (Å²) in [6, 6.07) is 84.7. The van der Waals surface area contributed by atoms with Crippen LogP contribution < -0.4 is 0 Å². The van der Waals surface area contributed by atoms with Gasteiger partial charge in [0, 0.05) is 71.7 Å². The minimum Gasteiger partial charge on any atom is -0.309 e. The molecule has 8 heteroatoms. The van der Waals surface area contributed by atoms with Crippen molar-refractivity contribution in [2.45, 2.75) is 104 Å². The Morgan fingerprint density at radius 2 is 0.674 bits per heavy atom. The number of aromatic nitrogens is 8. The Labute approximate surface area is 538 Å². The number of nitrogens with zero attached hydrogens (tertiary/aromatic N) is 8. The summed E-state index contributed by atoms with van der Waals surface area (Å²) in [6.45, 7) is 27.0. The van der Waals surface area contributed by atoms with Gasteiger partial charge < -0.3 is 9.13 Å². The van der Waals surface area contributed by atoms with Gasteiger partial charge >= 0.3 is 0 Å². The highest BCUT2D eigenvalue weighted by Gasteiger charge is 2.60. The van der Waals surface area contributed by atoms with Crippen LogP contribution in [-0.4, -0.2) is 39.0 Å². The van der Waals surface area contributed by atoms with Crippen LogP contribution in [-0.2, 0) is 28.1 Å². The molecule has 0 amide bonds. The van der Waals surface area contributed by atoms with Crippen LogP contribution in [0, 0.1) is 10.8 Å². The van der Waals surface area contributed by atoms with Crippen molar-refractivity contribution in [2.24, 2.45) is 10.8 Å². The molecule has 4 aromatic heterocycles. The van der Waals surface area contributed by atoms with Gasteiger partial charge in [-0.15, -0.1) is 0 Å².